The minimum absolute atomic E-state index is 0.281. The van der Waals surface area contributed by atoms with Gasteiger partial charge in [-0.1, -0.05) is 41.9 Å². The van der Waals surface area contributed by atoms with Crippen LogP contribution in [0.2, 0.25) is 5.02 Å². The maximum Gasteiger partial charge on any atom is 0.325 e. The summed E-state index contributed by atoms with van der Waals surface area (Å²) in [6.07, 6.45) is 0.674. The number of nitrogens with zero attached hydrogens (tertiary/aromatic N) is 2. The largest absolute Gasteiger partial charge is 0.348 e. The number of halogens is 2. The van der Waals surface area contributed by atoms with Gasteiger partial charge in [-0.15, -0.1) is 0 Å². The molecule has 0 aliphatic carbocycles. The molecule has 6 nitrogen and oxygen atoms in total. The van der Waals surface area contributed by atoms with E-state index in [0.717, 1.165) is 21.9 Å². The van der Waals surface area contributed by atoms with Crippen LogP contribution in [0.5, 0.6) is 0 Å². The maximum atomic E-state index is 13.2. The molecule has 1 N–H and O–H groups in total. The summed E-state index contributed by atoms with van der Waals surface area (Å²) in [4.78, 5) is 39.9. The number of amides is 3. The molecular weight excluding hydrogens is 457 g/mol. The van der Waals surface area contributed by atoms with Crippen molar-refractivity contribution in [2.24, 2.45) is 0 Å². The number of aryl methyl sites for hydroxylation is 2. The van der Waals surface area contributed by atoms with Crippen molar-refractivity contribution in [2.45, 2.75) is 39.3 Å². The molecule has 2 aromatic carbocycles. The van der Waals surface area contributed by atoms with Crippen molar-refractivity contribution in [3.63, 3.8) is 0 Å². The third-order valence-corrected chi connectivity index (χ3v) is 6.73. The second kappa shape index (κ2) is 9.06. The summed E-state index contributed by atoms with van der Waals surface area (Å²) in [5, 5.41) is 3.04. The fraction of sp³-hybridized carbons (Fsp3) is 0.269. The zero-order chi connectivity index (χ0) is 24.6. The van der Waals surface area contributed by atoms with Crippen molar-refractivity contribution < 1.29 is 18.8 Å². The van der Waals surface area contributed by atoms with Gasteiger partial charge in [0.25, 0.3) is 5.91 Å². The lowest BCUT2D eigenvalue weighted by atomic mass is 9.92. The van der Waals surface area contributed by atoms with Gasteiger partial charge in [0, 0.05) is 34.1 Å². The van der Waals surface area contributed by atoms with Gasteiger partial charge in [-0.05, 0) is 57.0 Å². The van der Waals surface area contributed by atoms with Crippen LogP contribution in [0.25, 0.3) is 0 Å². The van der Waals surface area contributed by atoms with Crippen molar-refractivity contribution in [3.05, 3.63) is 93.5 Å². The van der Waals surface area contributed by atoms with E-state index in [0.29, 0.717) is 29.1 Å². The highest BCUT2D eigenvalue weighted by atomic mass is 35.5. The topological polar surface area (TPSA) is 71.4 Å². The summed E-state index contributed by atoms with van der Waals surface area (Å²) >= 11 is 6.27. The Balaban J connectivity index is 1.51. The van der Waals surface area contributed by atoms with E-state index in [4.69, 9.17) is 11.6 Å². The van der Waals surface area contributed by atoms with Crippen LogP contribution in [0, 0.1) is 19.7 Å². The Hall–Kier alpha value is -3.45. The molecule has 1 fully saturated rings. The van der Waals surface area contributed by atoms with E-state index in [1.54, 1.807) is 49.4 Å². The first-order chi connectivity index (χ1) is 16.1. The molecule has 0 spiro atoms. The number of hydrogen-bond donors (Lipinski definition) is 1. The van der Waals surface area contributed by atoms with E-state index in [1.807, 2.05) is 18.4 Å². The molecule has 1 saturated heterocycles. The molecule has 1 aliphatic heterocycles. The Kier molecular flexibility index (Phi) is 6.32. The summed E-state index contributed by atoms with van der Waals surface area (Å²) < 4.78 is 15.2. The maximum absolute atomic E-state index is 13.2. The van der Waals surface area contributed by atoms with Gasteiger partial charge >= 0.3 is 6.03 Å². The lowest BCUT2D eigenvalue weighted by Gasteiger charge is -2.23. The molecule has 0 bridgehead atoms. The second-order valence-electron chi connectivity index (χ2n) is 8.66. The molecule has 176 valence electrons. The molecule has 0 radical (unpaired) electrons. The number of nitrogens with one attached hydrogen (secondary N) is 1. The smallest absolute Gasteiger partial charge is 0.325 e. The predicted molar refractivity (Wildman–Crippen MR) is 127 cm³/mol. The van der Waals surface area contributed by atoms with Gasteiger partial charge in [0.05, 0.1) is 6.54 Å². The molecule has 0 saturated carbocycles. The molecule has 8 heteroatoms. The second-order valence-corrected chi connectivity index (χ2v) is 9.07. The molecule has 2 heterocycles. The van der Waals surface area contributed by atoms with Crippen LogP contribution in [-0.2, 0) is 23.3 Å². The van der Waals surface area contributed by atoms with Crippen molar-refractivity contribution in [1.29, 1.82) is 0 Å². The summed E-state index contributed by atoms with van der Waals surface area (Å²) in [5.41, 5.74) is 2.22. The number of rotatable bonds is 7. The molecule has 1 atom stereocenters. The SMILES string of the molecule is Cc1cc(C(=O)CN2C(=O)NC(C)(c3ccccc3Cl)C2=O)c(C)n1CCc1ccc(F)cc1. The number of hydrogen-bond acceptors (Lipinski definition) is 3. The van der Waals surface area contributed by atoms with Gasteiger partial charge in [0.1, 0.15) is 11.4 Å². The Labute approximate surface area is 202 Å². The Bertz CT molecular complexity index is 1280. The zero-order valence-corrected chi connectivity index (χ0v) is 19.9. The number of benzene rings is 2. The van der Waals surface area contributed by atoms with Crippen molar-refractivity contribution >= 4 is 29.3 Å². The third-order valence-electron chi connectivity index (χ3n) is 6.40. The number of urea groups is 1. The van der Waals surface area contributed by atoms with Crippen LogP contribution in [0.1, 0.15) is 39.8 Å². The Morgan fingerprint density at radius 1 is 1.09 bits per heavy atom. The van der Waals surface area contributed by atoms with Gasteiger partial charge < -0.3 is 9.88 Å². The van der Waals surface area contributed by atoms with E-state index < -0.39 is 17.5 Å². The first kappa shape index (κ1) is 23.7. The number of carbonyl (C=O) groups is 3. The van der Waals surface area contributed by atoms with Crippen LogP contribution < -0.4 is 5.32 Å². The molecule has 1 aromatic heterocycles. The van der Waals surface area contributed by atoms with Crippen LogP contribution in [0.15, 0.2) is 54.6 Å². The number of ketones is 1. The summed E-state index contributed by atoms with van der Waals surface area (Å²) in [6.45, 7) is 5.57. The molecule has 1 aliphatic rings. The average molecular weight is 482 g/mol. The first-order valence-electron chi connectivity index (χ1n) is 11.0. The van der Waals surface area contributed by atoms with Gasteiger partial charge in [-0.2, -0.15) is 0 Å². The zero-order valence-electron chi connectivity index (χ0n) is 19.2. The minimum atomic E-state index is -1.35. The number of imide groups is 1. The van der Waals surface area contributed by atoms with E-state index in [1.165, 1.54) is 12.1 Å². The number of Topliss-reactive ketones (excluding diaryl/α,β-unsaturated/α-hetero) is 1. The minimum Gasteiger partial charge on any atom is -0.348 e. The highest BCUT2D eigenvalue weighted by Gasteiger charge is 2.50. The highest BCUT2D eigenvalue weighted by molar-refractivity contribution is 6.32. The van der Waals surface area contributed by atoms with Crippen LogP contribution in [0.3, 0.4) is 0 Å². The van der Waals surface area contributed by atoms with Crippen LogP contribution in [0.4, 0.5) is 9.18 Å². The average Bonchev–Trinajstić information content (AvgIpc) is 3.20. The van der Waals surface area contributed by atoms with Gasteiger partial charge in [0.15, 0.2) is 5.78 Å². The first-order valence-corrected chi connectivity index (χ1v) is 11.3. The molecule has 3 aromatic rings. The van der Waals surface area contributed by atoms with Crippen molar-refractivity contribution in [2.75, 3.05) is 6.54 Å². The van der Waals surface area contributed by atoms with Gasteiger partial charge in [-0.3, -0.25) is 14.5 Å². The molecule has 3 amide bonds. The quantitative estimate of drug-likeness (QED) is 0.389. The predicted octanol–water partition coefficient (Wildman–Crippen LogP) is 4.79. The van der Waals surface area contributed by atoms with Gasteiger partial charge in [-0.25, -0.2) is 9.18 Å². The van der Waals surface area contributed by atoms with E-state index in [2.05, 4.69) is 5.32 Å². The van der Waals surface area contributed by atoms with Crippen molar-refractivity contribution in [3.8, 4) is 0 Å². The molecular formula is C26H25ClFN3O3. The fourth-order valence-corrected chi connectivity index (χ4v) is 4.76. The van der Waals surface area contributed by atoms with E-state index in [-0.39, 0.29) is 18.1 Å². The number of carbonyl (C=O) groups excluding carboxylic acids is 3. The Morgan fingerprint density at radius 3 is 2.44 bits per heavy atom. The Morgan fingerprint density at radius 2 is 1.76 bits per heavy atom. The van der Waals surface area contributed by atoms with E-state index >= 15 is 0 Å². The van der Waals surface area contributed by atoms with Gasteiger partial charge in [0.2, 0.25) is 0 Å². The lowest BCUT2D eigenvalue weighted by Crippen LogP contribution is -2.41. The fourth-order valence-electron chi connectivity index (χ4n) is 4.44. The van der Waals surface area contributed by atoms with Crippen molar-refractivity contribution in [1.82, 2.24) is 14.8 Å². The molecule has 1 unspecified atom stereocenters. The third kappa shape index (κ3) is 4.23. The van der Waals surface area contributed by atoms with E-state index in [9.17, 15) is 18.8 Å². The normalized spacial score (nSPS) is 17.9. The number of aromatic nitrogens is 1. The summed E-state index contributed by atoms with van der Waals surface area (Å²) in [7, 11) is 0. The lowest BCUT2D eigenvalue weighted by molar-refractivity contribution is -0.130. The standard InChI is InChI=1S/C26H25ClFN3O3/c1-16-14-20(17(2)30(16)13-12-18-8-10-19(28)11-9-18)23(32)15-31-24(33)26(3,29-25(31)34)21-6-4-5-7-22(21)27/h4-11,14H,12-13,15H2,1-3H3,(H,29,34). The molecule has 34 heavy (non-hydrogen) atoms. The molecule has 4 rings (SSSR count). The monoisotopic (exact) mass is 481 g/mol. The summed E-state index contributed by atoms with van der Waals surface area (Å²) in [6, 6.07) is 14.3. The highest BCUT2D eigenvalue weighted by Crippen LogP contribution is 2.33. The summed E-state index contributed by atoms with van der Waals surface area (Å²) in [5.74, 6) is -1.13. The van der Waals surface area contributed by atoms with Crippen LogP contribution in [-0.4, -0.2) is 33.7 Å². The van der Waals surface area contributed by atoms with Crippen LogP contribution >= 0.6 is 11.6 Å².